The van der Waals surface area contributed by atoms with Gasteiger partial charge >= 0.3 is 6.18 Å². The minimum absolute atomic E-state index is 0.186. The molecule has 0 fully saturated rings. The second-order valence-corrected chi connectivity index (χ2v) is 4.76. The third-order valence-corrected chi connectivity index (χ3v) is 3.13. The van der Waals surface area contributed by atoms with Crippen LogP contribution in [0.3, 0.4) is 0 Å². The van der Waals surface area contributed by atoms with Crippen LogP contribution in [0.1, 0.15) is 30.3 Å². The highest BCUT2D eigenvalue weighted by atomic mass is 35.5. The molecule has 2 aromatic rings. The van der Waals surface area contributed by atoms with Gasteiger partial charge in [0.1, 0.15) is 5.82 Å². The molecule has 0 aliphatic rings. The molecule has 0 saturated heterocycles. The van der Waals surface area contributed by atoms with Crippen molar-refractivity contribution in [3.8, 4) is 0 Å². The van der Waals surface area contributed by atoms with Crippen molar-refractivity contribution in [2.75, 3.05) is 0 Å². The summed E-state index contributed by atoms with van der Waals surface area (Å²) in [6.07, 6.45) is -2.81. The van der Waals surface area contributed by atoms with Crippen molar-refractivity contribution in [2.24, 2.45) is 0 Å². The van der Waals surface area contributed by atoms with Crippen LogP contribution >= 0.6 is 11.6 Å². The van der Waals surface area contributed by atoms with E-state index in [9.17, 15) is 13.2 Å². The van der Waals surface area contributed by atoms with Crippen LogP contribution in [0.2, 0.25) is 5.28 Å². The molecular formula is C13H13ClF3N3. The monoisotopic (exact) mass is 303 g/mol. The fraction of sp³-hybridized carbons (Fsp3) is 0.385. The van der Waals surface area contributed by atoms with E-state index < -0.39 is 11.7 Å². The molecule has 1 heterocycles. The fourth-order valence-corrected chi connectivity index (χ4v) is 2.10. The number of alkyl halides is 3. The second-order valence-electron chi connectivity index (χ2n) is 4.42. The first kappa shape index (κ1) is 14.8. The summed E-state index contributed by atoms with van der Waals surface area (Å²) in [5.74, 6) is 0.676. The zero-order valence-electron chi connectivity index (χ0n) is 10.8. The van der Waals surface area contributed by atoms with Crippen molar-refractivity contribution in [3.05, 3.63) is 46.5 Å². The van der Waals surface area contributed by atoms with Crippen LogP contribution < -0.4 is 0 Å². The third kappa shape index (κ3) is 3.30. The van der Waals surface area contributed by atoms with E-state index in [1.165, 1.54) is 6.07 Å². The van der Waals surface area contributed by atoms with Crippen LogP contribution in [-0.4, -0.2) is 14.8 Å². The molecule has 2 rings (SSSR count). The van der Waals surface area contributed by atoms with Gasteiger partial charge in [-0.15, -0.1) is 10.2 Å². The van der Waals surface area contributed by atoms with E-state index in [0.29, 0.717) is 17.8 Å². The number of rotatable bonds is 4. The molecule has 0 amide bonds. The largest absolute Gasteiger partial charge is 0.416 e. The Kier molecular flexibility index (Phi) is 4.32. The van der Waals surface area contributed by atoms with Gasteiger partial charge in [0.05, 0.1) is 12.1 Å². The Morgan fingerprint density at radius 1 is 1.25 bits per heavy atom. The second kappa shape index (κ2) is 5.83. The SMILES string of the molecule is CCCc1nnc(Cl)n1Cc1cccc(C(F)(F)F)c1. The third-order valence-electron chi connectivity index (χ3n) is 2.85. The Hall–Kier alpha value is -1.56. The first-order chi connectivity index (χ1) is 9.41. The summed E-state index contributed by atoms with van der Waals surface area (Å²) in [6.45, 7) is 2.21. The van der Waals surface area contributed by atoms with E-state index in [0.717, 1.165) is 18.6 Å². The lowest BCUT2D eigenvalue weighted by atomic mass is 10.1. The highest BCUT2D eigenvalue weighted by molar-refractivity contribution is 6.28. The molecule has 0 N–H and O–H groups in total. The van der Waals surface area contributed by atoms with E-state index in [-0.39, 0.29) is 11.8 Å². The van der Waals surface area contributed by atoms with Gasteiger partial charge in [0.25, 0.3) is 0 Å². The van der Waals surface area contributed by atoms with Crippen LogP contribution in [0.25, 0.3) is 0 Å². The van der Waals surface area contributed by atoms with Gasteiger partial charge in [-0.1, -0.05) is 19.1 Å². The molecule has 0 unspecified atom stereocenters. The molecule has 0 atom stereocenters. The molecule has 0 aliphatic carbocycles. The molecule has 108 valence electrons. The molecule has 0 spiro atoms. The summed E-state index contributed by atoms with van der Waals surface area (Å²) in [6, 6.07) is 5.17. The zero-order chi connectivity index (χ0) is 14.8. The number of nitrogens with zero attached hydrogens (tertiary/aromatic N) is 3. The molecule has 3 nitrogen and oxygen atoms in total. The lowest BCUT2D eigenvalue weighted by molar-refractivity contribution is -0.137. The van der Waals surface area contributed by atoms with Gasteiger partial charge in [-0.3, -0.25) is 4.57 Å². The lowest BCUT2D eigenvalue weighted by Gasteiger charge is -2.10. The predicted octanol–water partition coefficient (Wildman–Crippen LogP) is 3.95. The summed E-state index contributed by atoms with van der Waals surface area (Å²) in [5.41, 5.74) is -0.157. The minimum atomic E-state index is -4.35. The highest BCUT2D eigenvalue weighted by Gasteiger charge is 2.30. The predicted molar refractivity (Wildman–Crippen MR) is 69.6 cm³/mol. The molecule has 20 heavy (non-hydrogen) atoms. The van der Waals surface area contributed by atoms with E-state index in [4.69, 9.17) is 11.6 Å². The molecule has 0 aliphatic heterocycles. The average Bonchev–Trinajstić information content (AvgIpc) is 2.71. The minimum Gasteiger partial charge on any atom is -0.297 e. The van der Waals surface area contributed by atoms with Gasteiger partial charge < -0.3 is 0 Å². The maximum absolute atomic E-state index is 12.7. The average molecular weight is 304 g/mol. The summed E-state index contributed by atoms with van der Waals surface area (Å²) in [4.78, 5) is 0. The fourth-order valence-electron chi connectivity index (χ4n) is 1.91. The molecular weight excluding hydrogens is 291 g/mol. The van der Waals surface area contributed by atoms with Crippen LogP contribution in [0.15, 0.2) is 24.3 Å². The summed E-state index contributed by atoms with van der Waals surface area (Å²) in [5, 5.41) is 7.88. The van der Waals surface area contributed by atoms with Crippen LogP contribution in [0.5, 0.6) is 0 Å². The first-order valence-corrected chi connectivity index (χ1v) is 6.53. The van der Waals surface area contributed by atoms with Gasteiger partial charge in [-0.2, -0.15) is 13.2 Å². The summed E-state index contributed by atoms with van der Waals surface area (Å²) < 4.78 is 39.6. The van der Waals surface area contributed by atoms with Gasteiger partial charge in [-0.05, 0) is 35.7 Å². The van der Waals surface area contributed by atoms with Crippen LogP contribution in [0.4, 0.5) is 13.2 Å². The van der Waals surface area contributed by atoms with E-state index in [1.807, 2.05) is 6.92 Å². The molecule has 1 aromatic carbocycles. The standard InChI is InChI=1S/C13H13ClF3N3/c1-2-4-11-18-19-12(14)20(11)8-9-5-3-6-10(7-9)13(15,16)17/h3,5-7H,2,4,8H2,1H3. The molecule has 0 bridgehead atoms. The smallest absolute Gasteiger partial charge is 0.297 e. The number of hydrogen-bond acceptors (Lipinski definition) is 2. The number of aromatic nitrogens is 3. The normalized spacial score (nSPS) is 11.8. The van der Waals surface area contributed by atoms with Gasteiger partial charge in [0, 0.05) is 6.42 Å². The van der Waals surface area contributed by atoms with E-state index >= 15 is 0 Å². The topological polar surface area (TPSA) is 30.7 Å². The number of halogens is 4. The van der Waals surface area contributed by atoms with Crippen molar-refractivity contribution < 1.29 is 13.2 Å². The van der Waals surface area contributed by atoms with E-state index in [1.54, 1.807) is 10.6 Å². The lowest BCUT2D eigenvalue weighted by Crippen LogP contribution is -2.08. The van der Waals surface area contributed by atoms with Gasteiger partial charge in [-0.25, -0.2) is 0 Å². The van der Waals surface area contributed by atoms with Gasteiger partial charge in [0.15, 0.2) is 0 Å². The maximum Gasteiger partial charge on any atom is 0.416 e. The summed E-state index contributed by atoms with van der Waals surface area (Å²) >= 11 is 5.93. The van der Waals surface area contributed by atoms with E-state index in [2.05, 4.69) is 10.2 Å². The van der Waals surface area contributed by atoms with Crippen molar-refractivity contribution >= 4 is 11.6 Å². The Morgan fingerprint density at radius 3 is 2.65 bits per heavy atom. The maximum atomic E-state index is 12.7. The van der Waals surface area contributed by atoms with Crippen molar-refractivity contribution in [1.29, 1.82) is 0 Å². The summed E-state index contributed by atoms with van der Waals surface area (Å²) in [7, 11) is 0. The molecule has 0 radical (unpaired) electrons. The number of aryl methyl sites for hydroxylation is 1. The van der Waals surface area contributed by atoms with Crippen molar-refractivity contribution in [2.45, 2.75) is 32.5 Å². The first-order valence-electron chi connectivity index (χ1n) is 6.15. The number of benzene rings is 1. The molecule has 1 aromatic heterocycles. The molecule has 0 saturated carbocycles. The Morgan fingerprint density at radius 2 is 2.00 bits per heavy atom. The Bertz CT molecular complexity index is 593. The zero-order valence-corrected chi connectivity index (χ0v) is 11.5. The Labute approximate surface area is 119 Å². The van der Waals surface area contributed by atoms with Gasteiger partial charge in [0.2, 0.25) is 5.28 Å². The van der Waals surface area contributed by atoms with Crippen LogP contribution in [0, 0.1) is 0 Å². The van der Waals surface area contributed by atoms with Crippen molar-refractivity contribution in [3.63, 3.8) is 0 Å². The highest BCUT2D eigenvalue weighted by Crippen LogP contribution is 2.29. The van der Waals surface area contributed by atoms with Crippen LogP contribution in [-0.2, 0) is 19.1 Å². The molecule has 7 heteroatoms. The van der Waals surface area contributed by atoms with Crippen molar-refractivity contribution in [1.82, 2.24) is 14.8 Å². The Balaban J connectivity index is 2.28. The number of hydrogen-bond donors (Lipinski definition) is 0. The quantitative estimate of drug-likeness (QED) is 0.856.